The minimum Gasteiger partial charge on any atom is -0.300 e. The molecule has 2 heterocycles. The van der Waals surface area contributed by atoms with E-state index >= 15 is 0 Å². The Hall–Kier alpha value is -3.44. The number of hydrogen-bond acceptors (Lipinski definition) is 8. The van der Waals surface area contributed by atoms with E-state index in [1.807, 2.05) is 37.3 Å². The molecule has 2 aliphatic rings. The van der Waals surface area contributed by atoms with Crippen molar-refractivity contribution in [3.63, 3.8) is 0 Å². The number of hydrazone groups is 1. The summed E-state index contributed by atoms with van der Waals surface area (Å²) in [4.78, 5) is 39.1. The highest BCUT2D eigenvalue weighted by atomic mass is 32.2. The lowest BCUT2D eigenvalue weighted by atomic mass is 10.1. The number of carbonyl (C=O) groups is 2. The molecule has 1 N–H and O–H groups in total. The summed E-state index contributed by atoms with van der Waals surface area (Å²) in [7, 11) is 0. The average Bonchev–Trinajstić information content (AvgIpc) is 3.28. The zero-order valence-corrected chi connectivity index (χ0v) is 18.6. The fraction of sp³-hybridized carbons (Fsp3) is 0.143. The van der Waals surface area contributed by atoms with E-state index in [1.165, 1.54) is 35.8 Å². The molecule has 2 aromatic carbocycles. The van der Waals surface area contributed by atoms with Crippen LogP contribution in [0.5, 0.6) is 0 Å². The Morgan fingerprint density at radius 3 is 2.69 bits per heavy atom. The molecule has 0 radical (unpaired) electrons. The predicted molar refractivity (Wildman–Crippen MR) is 126 cm³/mol. The monoisotopic (exact) mass is 467 g/mol. The number of amides is 2. The van der Waals surface area contributed by atoms with Crippen LogP contribution < -0.4 is 5.32 Å². The molecule has 0 spiro atoms. The van der Waals surface area contributed by atoms with Gasteiger partial charge in [-0.1, -0.05) is 42.5 Å². The number of thioether (sulfide) groups is 2. The molecule has 9 nitrogen and oxygen atoms in total. The Bertz CT molecular complexity index is 1210. The highest BCUT2D eigenvalue weighted by Crippen LogP contribution is 2.46. The average molecular weight is 468 g/mol. The van der Waals surface area contributed by atoms with Crippen molar-refractivity contribution in [2.45, 2.75) is 18.7 Å². The Kier molecular flexibility index (Phi) is 5.85. The molecule has 1 fully saturated rings. The zero-order chi connectivity index (χ0) is 22.9. The number of nitro groups is 1. The van der Waals surface area contributed by atoms with Gasteiger partial charge in [-0.3, -0.25) is 19.7 Å². The van der Waals surface area contributed by atoms with Gasteiger partial charge in [0, 0.05) is 19.1 Å². The zero-order valence-electron chi connectivity index (χ0n) is 17.0. The maximum atomic E-state index is 12.4. The van der Waals surface area contributed by atoms with Crippen molar-refractivity contribution in [3.05, 3.63) is 80.7 Å². The van der Waals surface area contributed by atoms with Crippen LogP contribution in [-0.4, -0.2) is 32.1 Å². The summed E-state index contributed by atoms with van der Waals surface area (Å²) < 4.78 is 0. The van der Waals surface area contributed by atoms with Crippen molar-refractivity contribution in [3.8, 4) is 0 Å². The molecular weight excluding hydrogens is 450 g/mol. The van der Waals surface area contributed by atoms with Crippen LogP contribution in [0.1, 0.15) is 25.0 Å². The number of amidine groups is 2. The minimum absolute atomic E-state index is 0.0575. The number of nitrogens with zero attached hydrogens (tertiary/aromatic N) is 4. The lowest BCUT2D eigenvalue weighted by Crippen LogP contribution is -2.37. The van der Waals surface area contributed by atoms with Gasteiger partial charge >= 0.3 is 0 Å². The van der Waals surface area contributed by atoms with Gasteiger partial charge in [-0.15, -0.1) is 5.10 Å². The first kappa shape index (κ1) is 21.8. The number of rotatable bonds is 3. The number of carbonyl (C=O) groups excluding carboxylic acids is 2. The first-order valence-corrected chi connectivity index (χ1v) is 11.1. The van der Waals surface area contributed by atoms with Crippen LogP contribution in [0.2, 0.25) is 0 Å². The van der Waals surface area contributed by atoms with Crippen LogP contribution in [-0.2, 0) is 14.5 Å². The van der Waals surface area contributed by atoms with E-state index < -0.39 is 9.79 Å². The Labute approximate surface area is 191 Å². The summed E-state index contributed by atoms with van der Waals surface area (Å²) in [5.41, 5.74) is 1.37. The third-order valence-corrected chi connectivity index (χ3v) is 6.79. The Morgan fingerprint density at radius 2 is 2.00 bits per heavy atom. The maximum absolute atomic E-state index is 12.4. The van der Waals surface area contributed by atoms with E-state index in [0.717, 1.165) is 17.3 Å². The van der Waals surface area contributed by atoms with Gasteiger partial charge in [0.15, 0.2) is 5.17 Å². The predicted octanol–water partition coefficient (Wildman–Crippen LogP) is 3.89. The summed E-state index contributed by atoms with van der Waals surface area (Å²) in [5.74, 6) is -0.591. The van der Waals surface area contributed by atoms with Crippen molar-refractivity contribution in [2.24, 2.45) is 10.1 Å². The number of benzene rings is 2. The molecule has 2 aromatic rings. The van der Waals surface area contributed by atoms with Crippen molar-refractivity contribution < 1.29 is 14.5 Å². The maximum Gasteiger partial charge on any atom is 0.270 e. The van der Waals surface area contributed by atoms with Crippen LogP contribution in [0, 0.1) is 10.1 Å². The van der Waals surface area contributed by atoms with E-state index in [2.05, 4.69) is 15.4 Å². The van der Waals surface area contributed by atoms with Crippen molar-refractivity contribution in [1.82, 2.24) is 10.3 Å². The quantitative estimate of drug-likeness (QED) is 0.416. The van der Waals surface area contributed by atoms with Crippen LogP contribution in [0.3, 0.4) is 0 Å². The molecular formula is C21H17N5O4S2. The number of aliphatic imine (C=N–C) groups is 1. The van der Waals surface area contributed by atoms with Crippen LogP contribution in [0.4, 0.5) is 5.69 Å². The molecule has 162 valence electrons. The summed E-state index contributed by atoms with van der Waals surface area (Å²) in [6.07, 6.45) is 1.56. The molecule has 0 aromatic heterocycles. The fourth-order valence-electron chi connectivity index (χ4n) is 3.21. The third-order valence-electron chi connectivity index (χ3n) is 4.71. The van der Waals surface area contributed by atoms with Crippen LogP contribution >= 0.6 is 23.5 Å². The van der Waals surface area contributed by atoms with Gasteiger partial charge in [0.25, 0.3) is 11.6 Å². The minimum atomic E-state index is -0.762. The van der Waals surface area contributed by atoms with Gasteiger partial charge in [-0.2, -0.15) is 4.99 Å². The van der Waals surface area contributed by atoms with Crippen molar-refractivity contribution in [1.29, 1.82) is 0 Å². The topological polar surface area (TPSA) is 117 Å². The fourth-order valence-corrected chi connectivity index (χ4v) is 5.22. The Balaban J connectivity index is 1.58. The Morgan fingerprint density at radius 1 is 1.25 bits per heavy atom. The summed E-state index contributed by atoms with van der Waals surface area (Å²) in [6.45, 7) is 3.33. The first-order chi connectivity index (χ1) is 15.3. The second-order valence-electron chi connectivity index (χ2n) is 7.00. The molecule has 0 saturated carbocycles. The number of hydrogen-bond donors (Lipinski definition) is 1. The van der Waals surface area contributed by atoms with Crippen LogP contribution in [0.15, 0.2) is 69.6 Å². The third kappa shape index (κ3) is 4.30. The molecule has 11 heteroatoms. The molecule has 4 rings (SSSR count). The SMILES string of the molecule is CC(=O)N1N=C(N=C2NC(=O)/C(=C/c3cccc([N+](=O)[O-])c3)S2)SC1(C)c1ccccc1. The second kappa shape index (κ2) is 8.60. The second-order valence-corrected chi connectivity index (χ2v) is 9.39. The largest absolute Gasteiger partial charge is 0.300 e. The van der Waals surface area contributed by atoms with Crippen LogP contribution in [0.25, 0.3) is 6.08 Å². The molecule has 2 amide bonds. The summed E-state index contributed by atoms with van der Waals surface area (Å²) in [6, 6.07) is 15.5. The highest BCUT2D eigenvalue weighted by Gasteiger charge is 2.44. The molecule has 2 aliphatic heterocycles. The lowest BCUT2D eigenvalue weighted by Gasteiger charge is -2.30. The molecule has 0 aliphatic carbocycles. The van der Waals surface area contributed by atoms with E-state index in [9.17, 15) is 19.7 Å². The molecule has 1 unspecified atom stereocenters. The summed E-state index contributed by atoms with van der Waals surface area (Å²) >= 11 is 2.41. The van der Waals surface area contributed by atoms with Gasteiger partial charge in [0.1, 0.15) is 4.87 Å². The van der Waals surface area contributed by atoms with E-state index in [4.69, 9.17) is 0 Å². The van der Waals surface area contributed by atoms with Crippen molar-refractivity contribution in [2.75, 3.05) is 0 Å². The number of non-ortho nitro benzene ring substituents is 1. The normalized spacial score (nSPS) is 22.9. The molecule has 1 saturated heterocycles. The first-order valence-electron chi connectivity index (χ1n) is 9.44. The van der Waals surface area contributed by atoms with E-state index in [1.54, 1.807) is 18.2 Å². The van der Waals surface area contributed by atoms with Crippen molar-refractivity contribution >= 4 is 57.4 Å². The lowest BCUT2D eigenvalue weighted by molar-refractivity contribution is -0.384. The summed E-state index contributed by atoms with van der Waals surface area (Å²) in [5, 5.41) is 20.0. The molecule has 1 atom stereocenters. The van der Waals surface area contributed by atoms with Gasteiger partial charge < -0.3 is 5.32 Å². The van der Waals surface area contributed by atoms with E-state index in [-0.39, 0.29) is 17.5 Å². The smallest absolute Gasteiger partial charge is 0.270 e. The van der Waals surface area contributed by atoms with Gasteiger partial charge in [-0.25, -0.2) is 5.01 Å². The van der Waals surface area contributed by atoms with Gasteiger partial charge in [0.2, 0.25) is 11.1 Å². The molecule has 32 heavy (non-hydrogen) atoms. The standard InChI is InChI=1S/C21H17N5O4S2/c1-13(27)25-21(2,15-8-4-3-5-9-15)32-20(24-25)23-19-22-18(28)17(31-19)12-14-7-6-10-16(11-14)26(29)30/h3-12H,1-2H3,(H,22,23,24,28)/b17-12-. The van der Waals surface area contributed by atoms with Gasteiger partial charge in [0.05, 0.1) is 9.83 Å². The van der Waals surface area contributed by atoms with Gasteiger partial charge in [-0.05, 0) is 47.7 Å². The number of nitro benzene ring substituents is 1. The molecule has 0 bridgehead atoms. The number of nitrogens with one attached hydrogen (secondary N) is 1. The van der Waals surface area contributed by atoms with E-state index in [0.29, 0.717) is 20.8 Å². The highest BCUT2D eigenvalue weighted by molar-refractivity contribution is 8.19.